The van der Waals surface area contributed by atoms with Gasteiger partial charge in [-0.2, -0.15) is 11.8 Å². The third kappa shape index (κ3) is 6.39. The monoisotopic (exact) mass is 485 g/mol. The number of anilines is 1. The Morgan fingerprint density at radius 2 is 1.97 bits per heavy atom. The molecule has 4 rings (SSSR count). The minimum Gasteiger partial charge on any atom is -0.378 e. The maximum absolute atomic E-state index is 5.99. The molecule has 31 heavy (non-hydrogen) atoms. The van der Waals surface area contributed by atoms with E-state index in [1.54, 1.807) is 11.3 Å². The first-order valence-corrected chi connectivity index (χ1v) is 13.5. The average molecular weight is 486 g/mol. The molecule has 0 bridgehead atoms. The molecule has 0 fully saturated rings. The van der Waals surface area contributed by atoms with Crippen molar-refractivity contribution in [3.05, 3.63) is 81.4 Å². The van der Waals surface area contributed by atoms with E-state index in [0.717, 1.165) is 43.9 Å². The molecule has 1 N–H and O–H groups in total. The van der Waals surface area contributed by atoms with Crippen molar-refractivity contribution in [2.24, 2.45) is 0 Å². The van der Waals surface area contributed by atoms with Gasteiger partial charge in [-0.3, -0.25) is 9.97 Å². The molecule has 4 aromatic rings. The van der Waals surface area contributed by atoms with Gasteiger partial charge in [0.05, 0.1) is 34.0 Å². The number of halogens is 1. The number of fused-ring (bicyclic) bond motifs is 1. The zero-order chi connectivity index (χ0) is 21.5. The van der Waals surface area contributed by atoms with Crippen LogP contribution in [-0.2, 0) is 12.3 Å². The number of aromatic nitrogens is 2. The Hall–Kier alpha value is -1.73. The van der Waals surface area contributed by atoms with Crippen molar-refractivity contribution >= 4 is 63.1 Å². The number of benzene rings is 1. The number of para-hydroxylation sites is 1. The molecule has 160 valence electrons. The normalized spacial score (nSPS) is 11.2. The van der Waals surface area contributed by atoms with E-state index < -0.39 is 0 Å². The Morgan fingerprint density at radius 1 is 1.06 bits per heavy atom. The van der Waals surface area contributed by atoms with E-state index in [0.29, 0.717) is 6.54 Å². The maximum Gasteiger partial charge on any atom is 0.0931 e. The first-order chi connectivity index (χ1) is 15.2. The van der Waals surface area contributed by atoms with E-state index in [-0.39, 0.29) is 0 Å². The lowest BCUT2D eigenvalue weighted by molar-refractivity contribution is 0.988. The smallest absolute Gasteiger partial charge is 0.0931 e. The second kappa shape index (κ2) is 11.2. The minimum atomic E-state index is 0.694. The third-order valence-electron chi connectivity index (χ3n) is 4.87. The number of hydrogen-bond donors (Lipinski definition) is 1. The van der Waals surface area contributed by atoms with Crippen LogP contribution in [0.4, 0.5) is 5.69 Å². The summed E-state index contributed by atoms with van der Waals surface area (Å²) in [6.45, 7) is 2.86. The van der Waals surface area contributed by atoms with Crippen LogP contribution in [0.1, 0.15) is 22.6 Å². The molecule has 3 nitrogen and oxygen atoms in total. The molecular weight excluding hydrogens is 462 g/mol. The Labute approximate surface area is 201 Å². The maximum atomic E-state index is 5.99. The van der Waals surface area contributed by atoms with Gasteiger partial charge in [-0.15, -0.1) is 23.1 Å². The molecule has 0 aliphatic rings. The molecule has 0 radical (unpaired) electrons. The summed E-state index contributed by atoms with van der Waals surface area (Å²) < 4.78 is 0.876. The fourth-order valence-corrected chi connectivity index (χ4v) is 6.53. The summed E-state index contributed by atoms with van der Waals surface area (Å²) in [6.07, 6.45) is 4.99. The summed E-state index contributed by atoms with van der Waals surface area (Å²) in [5, 5.41) is 4.62. The fourth-order valence-electron chi connectivity index (χ4n) is 3.19. The lowest BCUT2D eigenvalue weighted by Crippen LogP contribution is -2.05. The van der Waals surface area contributed by atoms with Gasteiger partial charge in [-0.05, 0) is 60.7 Å². The predicted molar refractivity (Wildman–Crippen MR) is 139 cm³/mol. The first-order valence-electron chi connectivity index (χ1n) is 10.2. The second-order valence-electron chi connectivity index (χ2n) is 7.11. The van der Waals surface area contributed by atoms with Crippen molar-refractivity contribution < 1.29 is 0 Å². The van der Waals surface area contributed by atoms with E-state index in [1.807, 2.05) is 60.2 Å². The Bertz CT molecular complexity index is 1150. The van der Waals surface area contributed by atoms with Gasteiger partial charge in [0.15, 0.2) is 0 Å². The lowest BCUT2D eigenvalue weighted by Gasteiger charge is -2.12. The highest BCUT2D eigenvalue weighted by Gasteiger charge is 2.07. The van der Waals surface area contributed by atoms with E-state index in [2.05, 4.69) is 46.5 Å². The molecule has 0 saturated carbocycles. The van der Waals surface area contributed by atoms with Crippen molar-refractivity contribution in [2.75, 3.05) is 16.8 Å². The zero-order valence-corrected chi connectivity index (χ0v) is 20.5. The second-order valence-corrected chi connectivity index (χ2v) is 11.2. The SMILES string of the molecule is Cc1c(SCCCSCc2ccc(Cl)s2)ccnc1CNc1cnc2ccccc2c1. The summed E-state index contributed by atoms with van der Waals surface area (Å²) in [7, 11) is 0. The van der Waals surface area contributed by atoms with Crippen LogP contribution in [0.15, 0.2) is 65.8 Å². The Balaban J connectivity index is 1.25. The van der Waals surface area contributed by atoms with E-state index in [4.69, 9.17) is 11.6 Å². The number of rotatable bonds is 10. The van der Waals surface area contributed by atoms with Gasteiger partial charge in [0, 0.05) is 27.1 Å². The number of nitrogens with one attached hydrogen (secondary N) is 1. The molecule has 0 amide bonds. The Morgan fingerprint density at radius 3 is 2.84 bits per heavy atom. The summed E-state index contributed by atoms with van der Waals surface area (Å²) in [5.74, 6) is 3.33. The van der Waals surface area contributed by atoms with Crippen molar-refractivity contribution in [3.63, 3.8) is 0 Å². The lowest BCUT2D eigenvalue weighted by atomic mass is 10.2. The molecule has 7 heteroatoms. The van der Waals surface area contributed by atoms with Gasteiger partial charge in [-0.25, -0.2) is 0 Å². The fraction of sp³-hybridized carbons (Fsp3) is 0.250. The zero-order valence-electron chi connectivity index (χ0n) is 17.3. The van der Waals surface area contributed by atoms with E-state index in [9.17, 15) is 0 Å². The summed E-state index contributed by atoms with van der Waals surface area (Å²) in [5.41, 5.74) is 4.37. The molecular formula is C24H24ClN3S3. The van der Waals surface area contributed by atoms with Crippen LogP contribution < -0.4 is 5.32 Å². The van der Waals surface area contributed by atoms with Gasteiger partial charge in [-0.1, -0.05) is 29.8 Å². The quantitative estimate of drug-likeness (QED) is 0.184. The summed E-state index contributed by atoms with van der Waals surface area (Å²) >= 11 is 11.6. The van der Waals surface area contributed by atoms with Gasteiger partial charge in [0.1, 0.15) is 0 Å². The van der Waals surface area contributed by atoms with Crippen LogP contribution in [-0.4, -0.2) is 21.5 Å². The average Bonchev–Trinajstić information content (AvgIpc) is 3.21. The van der Waals surface area contributed by atoms with Crippen LogP contribution in [0.5, 0.6) is 0 Å². The molecule has 3 aromatic heterocycles. The van der Waals surface area contributed by atoms with E-state index >= 15 is 0 Å². The number of thiophene rings is 1. The standard InChI is InChI=1S/C24H24ClN3S3/c1-17-22(15-27-19-13-18-5-2-3-6-21(18)28-14-19)26-10-9-23(17)30-12-4-11-29-16-20-7-8-24(25)31-20/h2-3,5-10,13-14,27H,4,11-12,15-16H2,1H3. The molecule has 3 heterocycles. The predicted octanol–water partition coefficient (Wildman–Crippen LogP) is 7.68. The highest BCUT2D eigenvalue weighted by Crippen LogP contribution is 2.28. The van der Waals surface area contributed by atoms with Crippen molar-refractivity contribution in [2.45, 2.75) is 30.5 Å². The van der Waals surface area contributed by atoms with E-state index in [1.165, 1.54) is 21.8 Å². The molecule has 0 atom stereocenters. The van der Waals surface area contributed by atoms with Crippen LogP contribution in [0.2, 0.25) is 4.34 Å². The molecule has 0 saturated heterocycles. The van der Waals surface area contributed by atoms with Gasteiger partial charge in [0.25, 0.3) is 0 Å². The van der Waals surface area contributed by atoms with Crippen LogP contribution >= 0.6 is 46.5 Å². The van der Waals surface area contributed by atoms with Gasteiger partial charge < -0.3 is 5.32 Å². The van der Waals surface area contributed by atoms with Crippen LogP contribution in [0.3, 0.4) is 0 Å². The van der Waals surface area contributed by atoms with Crippen LogP contribution in [0, 0.1) is 6.92 Å². The van der Waals surface area contributed by atoms with Crippen molar-refractivity contribution in [1.82, 2.24) is 9.97 Å². The highest BCUT2D eigenvalue weighted by atomic mass is 35.5. The number of pyridine rings is 2. The minimum absolute atomic E-state index is 0.694. The summed E-state index contributed by atoms with van der Waals surface area (Å²) in [4.78, 5) is 11.8. The first kappa shape index (κ1) is 22.5. The molecule has 0 aliphatic heterocycles. The molecule has 1 aromatic carbocycles. The number of nitrogens with zero attached hydrogens (tertiary/aromatic N) is 2. The molecule has 0 aliphatic carbocycles. The summed E-state index contributed by atoms with van der Waals surface area (Å²) in [6, 6.07) is 16.5. The topological polar surface area (TPSA) is 37.8 Å². The van der Waals surface area contributed by atoms with Gasteiger partial charge in [0.2, 0.25) is 0 Å². The number of hydrogen-bond acceptors (Lipinski definition) is 6. The highest BCUT2D eigenvalue weighted by molar-refractivity contribution is 7.99. The third-order valence-corrected chi connectivity index (χ3v) is 8.63. The van der Waals surface area contributed by atoms with Crippen LogP contribution in [0.25, 0.3) is 10.9 Å². The van der Waals surface area contributed by atoms with Gasteiger partial charge >= 0.3 is 0 Å². The van der Waals surface area contributed by atoms with Crippen molar-refractivity contribution in [3.8, 4) is 0 Å². The Kier molecular flexibility index (Phi) is 8.14. The molecule has 0 spiro atoms. The van der Waals surface area contributed by atoms with Crippen molar-refractivity contribution in [1.29, 1.82) is 0 Å². The molecule has 0 unspecified atom stereocenters. The number of thioether (sulfide) groups is 2. The largest absolute Gasteiger partial charge is 0.378 e.